The molecule has 1 fully saturated rings. The van der Waals surface area contributed by atoms with E-state index in [4.69, 9.17) is 5.11 Å². The number of piperazine rings is 1. The van der Waals surface area contributed by atoms with Gasteiger partial charge in [0.2, 0.25) is 11.8 Å². The molecule has 206 valence electrons. The molecule has 39 heavy (non-hydrogen) atoms. The standard InChI is InChI=1S/C26H30N6O7/c1-30(2)21(33)10-8-18-16-20(28-23(27-18)17-6-4-3-5-7-17)24(36)29-19(9-11-22(34)35)25(37)31-12-14-32(15-13-31)26(38)39/h3-8,10,16,19H,9,11-15H2,1-2H3,(H,29,36)(H,34,35)(H,38,39). The van der Waals surface area contributed by atoms with Crippen LogP contribution in [0.4, 0.5) is 4.79 Å². The molecule has 3 N–H and O–H groups in total. The molecule has 13 nitrogen and oxygen atoms in total. The van der Waals surface area contributed by atoms with Crippen LogP contribution in [-0.4, -0.2) is 111 Å². The van der Waals surface area contributed by atoms with E-state index in [1.165, 1.54) is 32.9 Å². The molecule has 2 aromatic rings. The zero-order valence-electron chi connectivity index (χ0n) is 21.6. The van der Waals surface area contributed by atoms with Crippen LogP contribution in [0.2, 0.25) is 0 Å². The molecule has 1 aromatic carbocycles. The van der Waals surface area contributed by atoms with Crippen LogP contribution >= 0.6 is 0 Å². The minimum atomic E-state index is -1.17. The summed E-state index contributed by atoms with van der Waals surface area (Å²) in [5.74, 6) is -2.44. The zero-order chi connectivity index (χ0) is 28.5. The summed E-state index contributed by atoms with van der Waals surface area (Å²) in [6.07, 6.45) is 1.12. The third-order valence-corrected chi connectivity index (χ3v) is 5.96. The highest BCUT2D eigenvalue weighted by Crippen LogP contribution is 2.17. The Balaban J connectivity index is 1.88. The molecule has 1 aliphatic heterocycles. The lowest BCUT2D eigenvalue weighted by molar-refractivity contribution is -0.138. The number of amides is 4. The average Bonchev–Trinajstić information content (AvgIpc) is 2.93. The van der Waals surface area contributed by atoms with E-state index < -0.39 is 29.9 Å². The van der Waals surface area contributed by atoms with Gasteiger partial charge in [-0.05, 0) is 18.6 Å². The molecule has 1 atom stereocenters. The van der Waals surface area contributed by atoms with Gasteiger partial charge in [-0.2, -0.15) is 0 Å². The van der Waals surface area contributed by atoms with Gasteiger partial charge in [-0.15, -0.1) is 0 Å². The number of aliphatic carboxylic acids is 1. The van der Waals surface area contributed by atoms with Crippen LogP contribution in [-0.2, 0) is 14.4 Å². The fourth-order valence-electron chi connectivity index (χ4n) is 3.79. The molecule has 0 radical (unpaired) electrons. The summed E-state index contributed by atoms with van der Waals surface area (Å²) in [5.41, 5.74) is 0.822. The Labute approximate surface area is 224 Å². The Bertz CT molecular complexity index is 1260. The van der Waals surface area contributed by atoms with Gasteiger partial charge < -0.3 is 30.2 Å². The monoisotopic (exact) mass is 538 g/mol. The molecule has 0 saturated carbocycles. The molecule has 3 rings (SSSR count). The lowest BCUT2D eigenvalue weighted by Crippen LogP contribution is -2.55. The Hall–Kier alpha value is -4.81. The van der Waals surface area contributed by atoms with E-state index in [-0.39, 0.29) is 62.1 Å². The van der Waals surface area contributed by atoms with Gasteiger partial charge in [-0.1, -0.05) is 30.3 Å². The number of nitrogens with zero attached hydrogens (tertiary/aromatic N) is 5. The van der Waals surface area contributed by atoms with E-state index in [1.54, 1.807) is 38.4 Å². The van der Waals surface area contributed by atoms with Crippen LogP contribution in [0, 0.1) is 0 Å². The maximum atomic E-state index is 13.3. The lowest BCUT2D eigenvalue weighted by Gasteiger charge is -2.35. The number of hydrogen-bond acceptors (Lipinski definition) is 7. The number of carbonyl (C=O) groups is 5. The van der Waals surface area contributed by atoms with Crippen molar-refractivity contribution in [2.24, 2.45) is 0 Å². The predicted molar refractivity (Wildman–Crippen MR) is 139 cm³/mol. The van der Waals surface area contributed by atoms with Crippen LogP contribution in [0.15, 0.2) is 42.5 Å². The summed E-state index contributed by atoms with van der Waals surface area (Å²) < 4.78 is 0. The number of carbonyl (C=O) groups excluding carboxylic acids is 3. The SMILES string of the molecule is CN(C)C(=O)C=Cc1cc(C(=O)NC(CCC(=O)O)C(=O)N2CCN(C(=O)O)CC2)nc(-c2ccccc2)n1. The number of aromatic nitrogens is 2. The molecule has 0 bridgehead atoms. The van der Waals surface area contributed by atoms with E-state index in [2.05, 4.69) is 15.3 Å². The van der Waals surface area contributed by atoms with Crippen LogP contribution < -0.4 is 5.32 Å². The number of likely N-dealkylation sites (N-methyl/N-ethyl adjacent to an activating group) is 1. The minimum absolute atomic E-state index is 0.0790. The van der Waals surface area contributed by atoms with Gasteiger partial charge in [0.25, 0.3) is 5.91 Å². The molecule has 2 heterocycles. The Morgan fingerprint density at radius 1 is 1.00 bits per heavy atom. The Morgan fingerprint density at radius 2 is 1.64 bits per heavy atom. The number of rotatable bonds is 9. The third-order valence-electron chi connectivity index (χ3n) is 5.96. The number of nitrogens with one attached hydrogen (secondary N) is 1. The largest absolute Gasteiger partial charge is 0.481 e. The van der Waals surface area contributed by atoms with Crippen molar-refractivity contribution in [3.63, 3.8) is 0 Å². The fraction of sp³-hybridized carbons (Fsp3) is 0.346. The molecule has 1 unspecified atom stereocenters. The normalized spacial score (nSPS) is 14.1. The highest BCUT2D eigenvalue weighted by Gasteiger charge is 2.31. The molecule has 1 aromatic heterocycles. The smallest absolute Gasteiger partial charge is 0.407 e. The molecular weight excluding hydrogens is 508 g/mol. The van der Waals surface area contributed by atoms with Crippen molar-refractivity contribution in [3.05, 3.63) is 53.9 Å². The van der Waals surface area contributed by atoms with Crippen LogP contribution in [0.25, 0.3) is 17.5 Å². The van der Waals surface area contributed by atoms with Crippen LogP contribution in [0.1, 0.15) is 29.0 Å². The lowest BCUT2D eigenvalue weighted by atomic mass is 10.1. The van der Waals surface area contributed by atoms with Gasteiger partial charge in [0.05, 0.1) is 5.69 Å². The van der Waals surface area contributed by atoms with E-state index in [1.807, 2.05) is 6.07 Å². The van der Waals surface area contributed by atoms with Crippen LogP contribution in [0.3, 0.4) is 0 Å². The van der Waals surface area contributed by atoms with E-state index >= 15 is 0 Å². The molecule has 1 aliphatic rings. The highest BCUT2D eigenvalue weighted by atomic mass is 16.4. The summed E-state index contributed by atoms with van der Waals surface area (Å²) in [4.78, 5) is 73.7. The molecule has 13 heteroatoms. The Morgan fingerprint density at radius 3 is 2.23 bits per heavy atom. The van der Waals surface area contributed by atoms with Gasteiger partial charge in [-0.25, -0.2) is 14.8 Å². The van der Waals surface area contributed by atoms with Gasteiger partial charge in [-0.3, -0.25) is 19.2 Å². The third kappa shape index (κ3) is 8.09. The maximum Gasteiger partial charge on any atom is 0.407 e. The van der Waals surface area contributed by atoms with Gasteiger partial charge >= 0.3 is 12.1 Å². The van der Waals surface area contributed by atoms with Gasteiger partial charge in [0.1, 0.15) is 11.7 Å². The first-order valence-electron chi connectivity index (χ1n) is 12.2. The zero-order valence-corrected chi connectivity index (χ0v) is 21.6. The van der Waals surface area contributed by atoms with Crippen molar-refractivity contribution in [2.75, 3.05) is 40.3 Å². The number of carboxylic acids is 1. The first-order valence-corrected chi connectivity index (χ1v) is 12.2. The number of hydrogen-bond donors (Lipinski definition) is 3. The Kier molecular flexibility index (Phi) is 9.68. The van der Waals surface area contributed by atoms with Gasteiger partial charge in [0.15, 0.2) is 5.82 Å². The fourth-order valence-corrected chi connectivity index (χ4v) is 3.79. The summed E-state index contributed by atoms with van der Waals surface area (Å²) in [6, 6.07) is 9.07. The molecular formula is C26H30N6O7. The van der Waals surface area contributed by atoms with Crippen molar-refractivity contribution >= 4 is 35.9 Å². The molecule has 1 saturated heterocycles. The molecule has 0 spiro atoms. The summed E-state index contributed by atoms with van der Waals surface area (Å²) in [5, 5.41) is 20.9. The first kappa shape index (κ1) is 28.8. The number of benzene rings is 1. The highest BCUT2D eigenvalue weighted by molar-refractivity contribution is 5.97. The minimum Gasteiger partial charge on any atom is -0.481 e. The second-order valence-corrected chi connectivity index (χ2v) is 8.99. The second-order valence-electron chi connectivity index (χ2n) is 8.99. The van der Waals surface area contributed by atoms with Crippen molar-refractivity contribution < 1.29 is 34.2 Å². The predicted octanol–water partition coefficient (Wildman–Crippen LogP) is 1.03. The van der Waals surface area contributed by atoms with Crippen molar-refractivity contribution in [1.29, 1.82) is 0 Å². The van der Waals surface area contributed by atoms with Crippen LogP contribution in [0.5, 0.6) is 0 Å². The quantitative estimate of drug-likeness (QED) is 0.394. The second kappa shape index (κ2) is 13.1. The van der Waals surface area contributed by atoms with E-state index in [9.17, 15) is 29.1 Å². The molecule has 0 aliphatic carbocycles. The summed E-state index contributed by atoms with van der Waals surface area (Å²) >= 11 is 0. The summed E-state index contributed by atoms with van der Waals surface area (Å²) in [7, 11) is 3.19. The topological polar surface area (TPSA) is 173 Å². The first-order chi connectivity index (χ1) is 18.5. The maximum absolute atomic E-state index is 13.3. The molecule has 4 amide bonds. The van der Waals surface area contributed by atoms with E-state index in [0.29, 0.717) is 5.56 Å². The van der Waals surface area contributed by atoms with Crippen molar-refractivity contribution in [1.82, 2.24) is 30.0 Å². The van der Waals surface area contributed by atoms with Gasteiger partial charge in [0, 0.05) is 58.3 Å². The number of carboxylic acid groups (broad SMARTS) is 2. The summed E-state index contributed by atoms with van der Waals surface area (Å²) in [6.45, 7) is 0.443. The van der Waals surface area contributed by atoms with E-state index in [0.717, 1.165) is 0 Å². The average molecular weight is 539 g/mol. The van der Waals surface area contributed by atoms with Crippen molar-refractivity contribution in [3.8, 4) is 11.4 Å². The van der Waals surface area contributed by atoms with Crippen molar-refractivity contribution in [2.45, 2.75) is 18.9 Å².